The van der Waals surface area contributed by atoms with E-state index >= 15 is 0 Å². The van der Waals surface area contributed by atoms with E-state index in [1.165, 1.54) is 6.07 Å². The molecule has 0 spiro atoms. The number of amides is 1. The van der Waals surface area contributed by atoms with Crippen LogP contribution in [0.5, 0.6) is 0 Å². The van der Waals surface area contributed by atoms with Crippen LogP contribution in [-0.2, 0) is 17.7 Å². The molecule has 2 heterocycles. The number of fused-ring (bicyclic) bond motifs is 1. The summed E-state index contributed by atoms with van der Waals surface area (Å²) in [5, 5.41) is 8.65. The smallest absolute Gasteiger partial charge is 0.274 e. The van der Waals surface area contributed by atoms with Crippen molar-refractivity contribution >= 4 is 5.91 Å². The molecule has 0 unspecified atom stereocenters. The van der Waals surface area contributed by atoms with Gasteiger partial charge in [0.05, 0.1) is 0 Å². The fourth-order valence-electron chi connectivity index (χ4n) is 3.20. The summed E-state index contributed by atoms with van der Waals surface area (Å²) in [6, 6.07) is 3.31. The predicted octanol–water partition coefficient (Wildman–Crippen LogP) is 1.48. The molecule has 1 aromatic rings. The largest absolute Gasteiger partial charge is 0.381 e. The summed E-state index contributed by atoms with van der Waals surface area (Å²) in [5.41, 5.74) is 3.23. The molecule has 1 fully saturated rings. The fraction of sp³-hybridized carbons (Fsp3) is 0.533. The zero-order valence-electron chi connectivity index (χ0n) is 11.8. The number of carbonyl (C=O) groups excluding carboxylic acids is 1. The summed E-state index contributed by atoms with van der Waals surface area (Å²) in [6.07, 6.45) is 2.69. The maximum absolute atomic E-state index is 14.3. The molecule has 5 nitrogen and oxygen atoms in total. The Morgan fingerprint density at radius 2 is 2.14 bits per heavy atom. The monoisotopic (exact) mass is 294 g/mol. The van der Waals surface area contributed by atoms with Gasteiger partial charge in [-0.3, -0.25) is 14.9 Å². The quantitative estimate of drug-likeness (QED) is 0.641. The van der Waals surface area contributed by atoms with E-state index in [9.17, 15) is 9.18 Å². The van der Waals surface area contributed by atoms with Crippen molar-refractivity contribution in [1.82, 2.24) is 10.4 Å². The van der Waals surface area contributed by atoms with Crippen molar-refractivity contribution in [3.63, 3.8) is 0 Å². The minimum Gasteiger partial charge on any atom is -0.381 e. The lowest BCUT2D eigenvalue weighted by atomic mass is 9.94. The van der Waals surface area contributed by atoms with Gasteiger partial charge in [-0.1, -0.05) is 0 Å². The lowest BCUT2D eigenvalue weighted by molar-refractivity contribution is 0.0285. The van der Waals surface area contributed by atoms with Gasteiger partial charge in [-0.15, -0.1) is 0 Å². The number of ether oxygens (including phenoxy) is 1. The third kappa shape index (κ3) is 2.92. The normalized spacial score (nSPS) is 20.1. The average Bonchev–Trinajstić information content (AvgIpc) is 2.54. The van der Waals surface area contributed by atoms with Gasteiger partial charge in [0.2, 0.25) is 0 Å². The molecule has 1 saturated heterocycles. The molecule has 0 radical (unpaired) electrons. The third-order valence-corrected chi connectivity index (χ3v) is 4.39. The molecule has 2 aliphatic heterocycles. The second-order valence-electron chi connectivity index (χ2n) is 5.60. The van der Waals surface area contributed by atoms with Crippen molar-refractivity contribution in [2.75, 3.05) is 19.8 Å². The molecule has 0 saturated carbocycles. The van der Waals surface area contributed by atoms with Gasteiger partial charge < -0.3 is 4.74 Å². The zero-order valence-corrected chi connectivity index (χ0v) is 11.8. The number of hydrogen-bond acceptors (Lipinski definition) is 4. The van der Waals surface area contributed by atoms with Crippen molar-refractivity contribution in [2.45, 2.75) is 31.8 Å². The Hall–Kier alpha value is -1.50. The lowest BCUT2D eigenvalue weighted by Crippen LogP contribution is -2.42. The standard InChI is InChI=1S/C15H19FN2O3/c16-14-8-11(15(19)17-20)7-10-1-4-18(9-13(10)14)12-2-5-21-6-3-12/h7-8,12,20H,1-6,9H2,(H,17,19). The highest BCUT2D eigenvalue weighted by atomic mass is 19.1. The average molecular weight is 294 g/mol. The van der Waals surface area contributed by atoms with Gasteiger partial charge in [0.25, 0.3) is 5.91 Å². The van der Waals surface area contributed by atoms with Crippen LogP contribution >= 0.6 is 0 Å². The summed E-state index contributed by atoms with van der Waals surface area (Å²) < 4.78 is 19.6. The fourth-order valence-corrected chi connectivity index (χ4v) is 3.20. The van der Waals surface area contributed by atoms with Gasteiger partial charge in [-0.05, 0) is 37.0 Å². The van der Waals surface area contributed by atoms with Crippen LogP contribution in [0.4, 0.5) is 4.39 Å². The van der Waals surface area contributed by atoms with Crippen LogP contribution in [0.15, 0.2) is 12.1 Å². The first-order valence-electron chi connectivity index (χ1n) is 7.26. The summed E-state index contributed by atoms with van der Waals surface area (Å²) in [4.78, 5) is 13.7. The van der Waals surface area contributed by atoms with Crippen molar-refractivity contribution in [3.05, 3.63) is 34.6 Å². The Balaban J connectivity index is 1.81. The number of rotatable bonds is 2. The molecule has 2 N–H and O–H groups in total. The summed E-state index contributed by atoms with van der Waals surface area (Å²) in [5.74, 6) is -1.05. The van der Waals surface area contributed by atoms with E-state index in [1.807, 2.05) is 0 Å². The molecule has 2 aliphatic rings. The van der Waals surface area contributed by atoms with Crippen LogP contribution in [0, 0.1) is 5.82 Å². The van der Waals surface area contributed by atoms with E-state index in [1.54, 1.807) is 11.5 Å². The Bertz CT molecular complexity index is 544. The first kappa shape index (κ1) is 14.4. The molecular formula is C15H19FN2O3. The van der Waals surface area contributed by atoms with Crippen LogP contribution in [-0.4, -0.2) is 41.8 Å². The maximum Gasteiger partial charge on any atom is 0.274 e. The number of nitrogens with one attached hydrogen (secondary N) is 1. The van der Waals surface area contributed by atoms with E-state index in [0.29, 0.717) is 18.2 Å². The topological polar surface area (TPSA) is 61.8 Å². The highest BCUT2D eigenvalue weighted by Gasteiger charge is 2.27. The van der Waals surface area contributed by atoms with Crippen LogP contribution < -0.4 is 5.48 Å². The van der Waals surface area contributed by atoms with Gasteiger partial charge >= 0.3 is 0 Å². The Labute approximate surface area is 122 Å². The minimum atomic E-state index is -0.677. The first-order chi connectivity index (χ1) is 10.2. The van der Waals surface area contributed by atoms with Crippen LogP contribution in [0.3, 0.4) is 0 Å². The number of nitrogens with zero attached hydrogens (tertiary/aromatic N) is 1. The second kappa shape index (κ2) is 6.09. The maximum atomic E-state index is 14.3. The van der Waals surface area contributed by atoms with Crippen molar-refractivity contribution in [3.8, 4) is 0 Å². The molecular weight excluding hydrogens is 275 g/mol. The molecule has 1 aromatic carbocycles. The predicted molar refractivity (Wildman–Crippen MR) is 73.6 cm³/mol. The van der Waals surface area contributed by atoms with E-state index < -0.39 is 5.91 Å². The molecule has 0 aliphatic carbocycles. The van der Waals surface area contributed by atoms with E-state index in [-0.39, 0.29) is 11.4 Å². The van der Waals surface area contributed by atoms with E-state index in [0.717, 1.165) is 44.6 Å². The number of carbonyl (C=O) groups is 1. The van der Waals surface area contributed by atoms with Crippen LogP contribution in [0.25, 0.3) is 0 Å². The summed E-state index contributed by atoms with van der Waals surface area (Å²) in [6.45, 7) is 2.98. The highest BCUT2D eigenvalue weighted by molar-refractivity contribution is 5.93. The van der Waals surface area contributed by atoms with E-state index in [4.69, 9.17) is 9.94 Å². The SMILES string of the molecule is O=C(NO)c1cc(F)c2c(c1)CCN(C1CCOCC1)C2. The molecule has 0 atom stereocenters. The summed E-state index contributed by atoms with van der Waals surface area (Å²) >= 11 is 0. The molecule has 0 aromatic heterocycles. The number of benzene rings is 1. The van der Waals surface area contributed by atoms with Gasteiger partial charge in [-0.25, -0.2) is 9.87 Å². The number of halogens is 1. The molecule has 1 amide bonds. The van der Waals surface area contributed by atoms with Crippen molar-refractivity contribution in [1.29, 1.82) is 0 Å². The molecule has 6 heteroatoms. The first-order valence-corrected chi connectivity index (χ1v) is 7.26. The summed E-state index contributed by atoms with van der Waals surface area (Å²) in [7, 11) is 0. The van der Waals surface area contributed by atoms with Gasteiger partial charge in [0.1, 0.15) is 5.82 Å². The number of hydrogen-bond donors (Lipinski definition) is 2. The van der Waals surface area contributed by atoms with Crippen LogP contribution in [0.2, 0.25) is 0 Å². The van der Waals surface area contributed by atoms with Gasteiger partial charge in [0.15, 0.2) is 0 Å². The van der Waals surface area contributed by atoms with Gasteiger partial charge in [-0.2, -0.15) is 0 Å². The van der Waals surface area contributed by atoms with Crippen molar-refractivity contribution < 1.29 is 19.1 Å². The Kier molecular flexibility index (Phi) is 4.19. The molecule has 3 rings (SSSR count). The third-order valence-electron chi connectivity index (χ3n) is 4.39. The van der Waals surface area contributed by atoms with Crippen molar-refractivity contribution in [2.24, 2.45) is 0 Å². The van der Waals surface area contributed by atoms with Gasteiger partial charge in [0, 0.05) is 43.5 Å². The molecule has 21 heavy (non-hydrogen) atoms. The Morgan fingerprint density at radius 1 is 1.38 bits per heavy atom. The Morgan fingerprint density at radius 3 is 2.86 bits per heavy atom. The highest BCUT2D eigenvalue weighted by Crippen LogP contribution is 2.27. The lowest BCUT2D eigenvalue weighted by Gasteiger charge is -2.37. The molecule has 0 bridgehead atoms. The number of hydroxylamine groups is 1. The van der Waals surface area contributed by atoms with E-state index in [2.05, 4.69) is 4.90 Å². The van der Waals surface area contributed by atoms with Crippen LogP contribution in [0.1, 0.15) is 34.3 Å². The zero-order chi connectivity index (χ0) is 14.8. The molecule has 114 valence electrons. The minimum absolute atomic E-state index is 0.160. The second-order valence-corrected chi connectivity index (χ2v) is 5.60.